The summed E-state index contributed by atoms with van der Waals surface area (Å²) >= 11 is 0. The summed E-state index contributed by atoms with van der Waals surface area (Å²) in [5.74, 6) is -0.843. The summed E-state index contributed by atoms with van der Waals surface area (Å²) in [5, 5.41) is 0. The maximum atomic E-state index is 12.5. The highest BCUT2D eigenvalue weighted by Gasteiger charge is 2.25. The van der Waals surface area contributed by atoms with E-state index in [1.807, 2.05) is 0 Å². The van der Waals surface area contributed by atoms with E-state index in [1.165, 1.54) is 70.6 Å². The minimum absolute atomic E-state index is 0.0521. The Morgan fingerprint density at radius 1 is 0.638 bits per heavy atom. The molecule has 0 rings (SSSR count). The summed E-state index contributed by atoms with van der Waals surface area (Å²) in [6.45, 7) is 3.66. The van der Waals surface area contributed by atoms with Crippen molar-refractivity contribution in [1.82, 2.24) is 0 Å². The zero-order valence-corrected chi connectivity index (χ0v) is 30.9. The second kappa shape index (κ2) is 34.4. The molecular weight excluding hydrogens is 617 g/mol. The second-order valence-electron chi connectivity index (χ2n) is 12.4. The summed E-state index contributed by atoms with van der Waals surface area (Å²) < 4.78 is 32.6. The van der Waals surface area contributed by atoms with Gasteiger partial charge in [0.1, 0.15) is 6.61 Å². The molecule has 0 saturated heterocycles. The highest BCUT2D eigenvalue weighted by atomic mass is 31.2. The molecule has 0 fully saturated rings. The molecule has 10 heteroatoms. The topological polar surface area (TPSA) is 134 Å². The fourth-order valence-corrected chi connectivity index (χ4v) is 5.77. The normalized spacial score (nSPS) is 13.7. The molecule has 0 amide bonds. The zero-order chi connectivity index (χ0) is 34.7. The Morgan fingerprint density at radius 2 is 1.13 bits per heavy atom. The number of hydrogen-bond donors (Lipinski definition) is 2. The van der Waals surface area contributed by atoms with E-state index < -0.39 is 26.5 Å². The van der Waals surface area contributed by atoms with E-state index in [2.05, 4.69) is 38.2 Å². The van der Waals surface area contributed by atoms with Crippen LogP contribution in [0.25, 0.3) is 0 Å². The van der Waals surface area contributed by atoms with Gasteiger partial charge in [-0.1, -0.05) is 141 Å². The van der Waals surface area contributed by atoms with Crippen LogP contribution in [0.4, 0.5) is 0 Å². The third-order valence-corrected chi connectivity index (χ3v) is 8.82. The van der Waals surface area contributed by atoms with Gasteiger partial charge in [0.15, 0.2) is 6.10 Å². The molecule has 1 unspecified atom stereocenters. The number of ether oxygens (including phenoxy) is 2. The number of nitrogens with two attached hydrogens (primary N) is 1. The molecule has 276 valence electrons. The van der Waals surface area contributed by atoms with Crippen LogP contribution in [0.2, 0.25) is 0 Å². The minimum Gasteiger partial charge on any atom is -0.462 e. The van der Waals surface area contributed by atoms with E-state index in [9.17, 15) is 19.0 Å². The molecule has 0 saturated carbocycles. The lowest BCUT2D eigenvalue weighted by atomic mass is 10.0. The summed E-state index contributed by atoms with van der Waals surface area (Å²) in [6.07, 6.45) is 33.4. The number of esters is 2. The van der Waals surface area contributed by atoms with Gasteiger partial charge < -0.3 is 20.1 Å². The summed E-state index contributed by atoms with van der Waals surface area (Å²) in [7, 11) is -4.37. The molecule has 0 radical (unpaired) electrons. The van der Waals surface area contributed by atoms with Crippen molar-refractivity contribution in [3.05, 3.63) is 24.3 Å². The third kappa shape index (κ3) is 34.2. The maximum absolute atomic E-state index is 12.5. The van der Waals surface area contributed by atoms with Gasteiger partial charge in [0.25, 0.3) is 0 Å². The number of allylic oxidation sites excluding steroid dienone is 4. The van der Waals surface area contributed by atoms with Gasteiger partial charge in [-0.25, -0.2) is 4.57 Å². The van der Waals surface area contributed by atoms with Gasteiger partial charge in [0.05, 0.1) is 13.2 Å². The number of unbranched alkanes of at least 4 members (excludes halogenated alkanes) is 18. The Morgan fingerprint density at radius 3 is 1.68 bits per heavy atom. The molecule has 0 aliphatic heterocycles. The van der Waals surface area contributed by atoms with E-state index >= 15 is 0 Å². The fraction of sp³-hybridized carbons (Fsp3) is 0.838. The van der Waals surface area contributed by atoms with Gasteiger partial charge in [-0.05, 0) is 38.5 Å². The lowest BCUT2D eigenvalue weighted by molar-refractivity contribution is -0.161. The van der Waals surface area contributed by atoms with Crippen molar-refractivity contribution in [2.45, 2.75) is 174 Å². The number of hydrogen-bond acceptors (Lipinski definition) is 8. The SMILES string of the molecule is CCCC/C=C/C/C=C/CCCCCCCC(=O)O[C@H](COC(=O)CCCCCCCCCCCCCC)COP(=O)(O)OCCN. The first-order valence-corrected chi connectivity index (χ1v) is 20.3. The van der Waals surface area contributed by atoms with Crippen LogP contribution in [0.15, 0.2) is 24.3 Å². The van der Waals surface area contributed by atoms with Gasteiger partial charge in [-0.3, -0.25) is 18.6 Å². The molecule has 0 aliphatic carbocycles. The maximum Gasteiger partial charge on any atom is 0.472 e. The van der Waals surface area contributed by atoms with Crippen LogP contribution < -0.4 is 5.73 Å². The molecule has 9 nitrogen and oxygen atoms in total. The lowest BCUT2D eigenvalue weighted by Crippen LogP contribution is -2.29. The van der Waals surface area contributed by atoms with Gasteiger partial charge in [-0.15, -0.1) is 0 Å². The highest BCUT2D eigenvalue weighted by molar-refractivity contribution is 7.47. The molecule has 47 heavy (non-hydrogen) atoms. The number of phosphoric acid groups is 1. The Bertz CT molecular complexity index is 835. The highest BCUT2D eigenvalue weighted by Crippen LogP contribution is 2.43. The molecule has 0 bridgehead atoms. The molecule has 0 aromatic rings. The predicted molar refractivity (Wildman–Crippen MR) is 192 cm³/mol. The van der Waals surface area contributed by atoms with Crippen LogP contribution in [0, 0.1) is 0 Å². The summed E-state index contributed by atoms with van der Waals surface area (Å²) in [5.41, 5.74) is 5.32. The summed E-state index contributed by atoms with van der Waals surface area (Å²) in [4.78, 5) is 34.7. The first-order chi connectivity index (χ1) is 22.8. The van der Waals surface area contributed by atoms with E-state index in [4.69, 9.17) is 24.3 Å². The van der Waals surface area contributed by atoms with Gasteiger partial charge in [0.2, 0.25) is 0 Å². The van der Waals surface area contributed by atoms with Gasteiger partial charge in [0, 0.05) is 19.4 Å². The third-order valence-electron chi connectivity index (χ3n) is 7.84. The van der Waals surface area contributed by atoms with Crippen LogP contribution in [0.3, 0.4) is 0 Å². The van der Waals surface area contributed by atoms with Crippen LogP contribution in [0.5, 0.6) is 0 Å². The largest absolute Gasteiger partial charge is 0.472 e. The Hall–Kier alpha value is -1.51. The van der Waals surface area contributed by atoms with Crippen molar-refractivity contribution in [2.75, 3.05) is 26.4 Å². The van der Waals surface area contributed by atoms with Crippen LogP contribution >= 0.6 is 7.82 Å². The average Bonchev–Trinajstić information content (AvgIpc) is 3.05. The quantitative estimate of drug-likeness (QED) is 0.0289. The van der Waals surface area contributed by atoms with Crippen molar-refractivity contribution in [3.63, 3.8) is 0 Å². The predicted octanol–water partition coefficient (Wildman–Crippen LogP) is 10.0. The zero-order valence-electron chi connectivity index (χ0n) is 30.0. The molecule has 2 atom stereocenters. The average molecular weight is 688 g/mol. The van der Waals surface area contributed by atoms with Gasteiger partial charge in [-0.2, -0.15) is 0 Å². The molecule has 0 aromatic heterocycles. The van der Waals surface area contributed by atoms with Crippen molar-refractivity contribution in [3.8, 4) is 0 Å². The monoisotopic (exact) mass is 687 g/mol. The first-order valence-electron chi connectivity index (χ1n) is 18.8. The molecule has 0 heterocycles. The van der Waals surface area contributed by atoms with Crippen LogP contribution in [-0.2, 0) is 32.7 Å². The Kier molecular flexibility index (Phi) is 33.3. The van der Waals surface area contributed by atoms with Crippen LogP contribution in [-0.4, -0.2) is 49.3 Å². The van der Waals surface area contributed by atoms with Crippen molar-refractivity contribution >= 4 is 19.8 Å². The molecule has 0 aliphatic rings. The number of rotatable bonds is 35. The fourth-order valence-electron chi connectivity index (χ4n) is 5.00. The number of carbonyl (C=O) groups excluding carboxylic acids is 2. The van der Waals surface area contributed by atoms with Gasteiger partial charge >= 0.3 is 19.8 Å². The summed E-state index contributed by atoms with van der Waals surface area (Å²) in [6, 6.07) is 0. The number of phosphoric ester groups is 1. The second-order valence-corrected chi connectivity index (χ2v) is 13.9. The molecule has 3 N–H and O–H groups in total. The lowest BCUT2D eigenvalue weighted by Gasteiger charge is -2.19. The Labute approximate surface area is 287 Å². The first kappa shape index (κ1) is 45.5. The molecule has 0 spiro atoms. The van der Waals surface area contributed by atoms with E-state index in [1.54, 1.807) is 0 Å². The molecular formula is C37H70NO8P. The van der Waals surface area contributed by atoms with E-state index in [-0.39, 0.29) is 38.6 Å². The van der Waals surface area contributed by atoms with E-state index in [0.717, 1.165) is 64.2 Å². The van der Waals surface area contributed by atoms with Crippen LogP contribution in [0.1, 0.15) is 168 Å². The smallest absolute Gasteiger partial charge is 0.462 e. The Balaban J connectivity index is 4.25. The number of carbonyl (C=O) groups is 2. The standard InChI is InChI=1S/C37H70NO8P/c1-3-5-7-9-11-13-15-17-18-20-22-24-26-28-30-37(40)46-35(34-45-47(41,42)44-32-31-38)33-43-36(39)29-27-25-23-21-19-16-14-12-10-8-6-4-2/h9,11,15,17,35H,3-8,10,12-14,16,18-34,38H2,1-2H3,(H,41,42)/b11-9+,17-15+/t35-/m1/s1. The van der Waals surface area contributed by atoms with E-state index in [0.29, 0.717) is 6.42 Å². The molecule has 0 aromatic carbocycles. The van der Waals surface area contributed by atoms with Crippen molar-refractivity contribution < 1.29 is 37.6 Å². The van der Waals surface area contributed by atoms with Crippen molar-refractivity contribution in [2.24, 2.45) is 5.73 Å². The minimum atomic E-state index is -4.37. The van der Waals surface area contributed by atoms with Crippen molar-refractivity contribution in [1.29, 1.82) is 0 Å².